The Balaban J connectivity index is 1.55. The van der Waals surface area contributed by atoms with Gasteiger partial charge >= 0.3 is 0 Å². The highest BCUT2D eigenvalue weighted by Crippen LogP contribution is 2.52. The Morgan fingerprint density at radius 2 is 0.506 bits per heavy atom. The summed E-state index contributed by atoms with van der Waals surface area (Å²) in [5.41, 5.74) is 57.8. The number of nitrogens with zero attached hydrogens (tertiary/aromatic N) is 1. The number of rotatable bonds is 6. The van der Waals surface area contributed by atoms with Crippen LogP contribution in [0.4, 0.5) is 17.1 Å². The van der Waals surface area contributed by atoms with Crippen LogP contribution in [0.1, 0.15) is 25.0 Å². The molecular weight excluding hydrogens is 916 g/mol. The summed E-state index contributed by atoms with van der Waals surface area (Å²) in [6, 6.07) is 4.96. The molecule has 1 aliphatic rings. The first-order valence-corrected chi connectivity index (χ1v) is 29.6. The highest BCUT2D eigenvalue weighted by atomic mass is 15.2. The van der Waals surface area contributed by atoms with Crippen molar-refractivity contribution in [2.24, 2.45) is 0 Å². The summed E-state index contributed by atoms with van der Waals surface area (Å²) in [6.07, 6.45) is 0. The number of fused-ring (bicyclic) bond motifs is 4. The lowest BCUT2D eigenvalue weighted by Crippen LogP contribution is -2.57. The Hall–Kier alpha value is -4.30. The van der Waals surface area contributed by atoms with Crippen molar-refractivity contribution in [3.63, 3.8) is 0 Å². The highest BCUT2D eigenvalue weighted by Gasteiger charge is 2.43. The third kappa shape index (κ3) is 8.07. The molecule has 79 heavy (non-hydrogen) atoms. The summed E-state index contributed by atoms with van der Waals surface area (Å²) in [7, 11) is 69.2. The van der Waals surface area contributed by atoms with E-state index in [-0.39, 0.29) is 5.41 Å². The summed E-state index contributed by atoms with van der Waals surface area (Å²) in [4.78, 5) is 2.83. The summed E-state index contributed by atoms with van der Waals surface area (Å²) in [6.45, 7) is 5.00. The van der Waals surface area contributed by atoms with Crippen LogP contribution < -0.4 is 163 Å². The van der Waals surface area contributed by atoms with Crippen LogP contribution in [0.25, 0.3) is 55.3 Å². The van der Waals surface area contributed by atoms with Gasteiger partial charge in [0.1, 0.15) is 228 Å². The van der Waals surface area contributed by atoms with Gasteiger partial charge in [-0.15, -0.1) is 60.1 Å². The molecule has 0 fully saturated rings. The predicted molar refractivity (Wildman–Crippen MR) is 450 cm³/mol. The molecule has 0 saturated carbocycles. The maximum Gasteiger partial charge on any atom is 0.141 e. The van der Waals surface area contributed by atoms with Crippen molar-refractivity contribution < 1.29 is 0 Å². The van der Waals surface area contributed by atoms with Gasteiger partial charge in [0.25, 0.3) is 0 Å². The first-order valence-electron chi connectivity index (χ1n) is 29.6. The van der Waals surface area contributed by atoms with Crippen LogP contribution >= 0.6 is 0 Å². The molecule has 30 heteroatoms. The van der Waals surface area contributed by atoms with Gasteiger partial charge in [0.05, 0.1) is 5.69 Å². The fraction of sp³-hybridized carbons (Fsp3) is 0.0612. The van der Waals surface area contributed by atoms with Gasteiger partial charge in [-0.2, -0.15) is 0 Å². The average molecular weight is 983 g/mol. The van der Waals surface area contributed by atoms with E-state index in [1.54, 1.807) is 0 Å². The van der Waals surface area contributed by atoms with Crippen LogP contribution in [0.3, 0.4) is 0 Å². The molecule has 0 atom stereocenters. The van der Waals surface area contributed by atoms with Crippen molar-refractivity contribution >= 4 is 414 Å². The van der Waals surface area contributed by atoms with Crippen molar-refractivity contribution in [1.29, 1.82) is 0 Å². The zero-order valence-electron chi connectivity index (χ0n) is 55.1. The van der Waals surface area contributed by atoms with E-state index in [2.05, 4.69) is 258 Å². The largest absolute Gasteiger partial charge is 0.311 e. The Morgan fingerprint density at radius 3 is 0.911 bits per heavy atom. The molecule has 9 rings (SSSR count). The second kappa shape index (κ2) is 20.2. The predicted octanol–water partition coefficient (Wildman–Crippen LogP) is -36.9. The molecule has 8 aromatic carbocycles. The van der Waals surface area contributed by atoms with Gasteiger partial charge in [0.2, 0.25) is 0 Å². The number of hydrogen-bond donors (Lipinski definition) is 0. The standard InChI is InChI=1S/C49H66B29N/c1-49(2)17-5(50)3-4-6(7(17)11-18(49)31(63)40(72)34(66)21(11)53)79(47-16(30(62)39(71)43(75)46(47)78)15-26(58)37(69)42(74)38(70)27(15)59)48-44(76)28(60)14(29(61)45(48)77)10-8-9(13-24(56)35(67)41(73)36(68)25(13)57)19(51)32(64)22(54)12(8)23(55)33(65)20(10)52/h3-4H,50-78H2,1-2H3. The minimum atomic E-state index is -0.210. The third-order valence-corrected chi connectivity index (χ3v) is 22.8. The molecule has 1 aliphatic carbocycles. The van der Waals surface area contributed by atoms with Crippen molar-refractivity contribution in [3.05, 3.63) is 23.3 Å². The lowest BCUT2D eigenvalue weighted by molar-refractivity contribution is 0.669. The lowest BCUT2D eigenvalue weighted by Gasteiger charge is -2.39. The van der Waals surface area contributed by atoms with Crippen molar-refractivity contribution in [3.8, 4) is 44.5 Å². The molecule has 0 amide bonds. The molecule has 0 heterocycles. The molecule has 8 aromatic rings. The van der Waals surface area contributed by atoms with E-state index >= 15 is 0 Å². The minimum absolute atomic E-state index is 0.210. The molecular formula is C49H66B29N. The van der Waals surface area contributed by atoms with Gasteiger partial charge in [-0.3, -0.25) is 0 Å². The molecule has 0 aromatic heterocycles. The first-order chi connectivity index (χ1) is 36.6. The van der Waals surface area contributed by atoms with Gasteiger partial charge in [-0.25, -0.2) is 0 Å². The SMILES string of the molecule is Bc1ccc(N(c2c(B)c(B)c(-c3c(B)c(B)c(B)c4c(B)c(B)c(B)c(-c5c(B)c(B)c(B)c(B)c5B)c34)c(B)c2B)c2c(B)c(B)c(B)c(B)c2-c2c(B)c(B)c(B)c(B)c2B)c2c1C(C)(C)c1c(B)c(B)c(B)c(B)c1-2. The van der Waals surface area contributed by atoms with E-state index in [9.17, 15) is 0 Å². The maximum atomic E-state index is 2.83. The summed E-state index contributed by atoms with van der Waals surface area (Å²) in [5.74, 6) is 0. The molecule has 0 spiro atoms. The normalized spacial score (nSPS) is 12.5. The Kier molecular flexibility index (Phi) is 15.2. The molecule has 1 nitrogen and oxygen atoms in total. The molecule has 354 valence electrons. The van der Waals surface area contributed by atoms with E-state index in [1.165, 1.54) is 242 Å². The molecule has 0 bridgehead atoms. The van der Waals surface area contributed by atoms with Gasteiger partial charge in [0.15, 0.2) is 0 Å². The van der Waals surface area contributed by atoms with E-state index in [0.29, 0.717) is 0 Å². The van der Waals surface area contributed by atoms with Crippen LogP contribution in [0, 0.1) is 0 Å². The van der Waals surface area contributed by atoms with Gasteiger partial charge < -0.3 is 4.90 Å². The number of anilines is 3. The number of benzene rings is 8. The fourth-order valence-electron chi connectivity index (χ4n) is 15.8. The maximum absolute atomic E-state index is 2.83. The van der Waals surface area contributed by atoms with Crippen LogP contribution in [0.15, 0.2) is 12.1 Å². The Morgan fingerprint density at radius 1 is 0.228 bits per heavy atom. The first kappa shape index (κ1) is 59.3. The van der Waals surface area contributed by atoms with Crippen molar-refractivity contribution in [2.45, 2.75) is 19.3 Å². The van der Waals surface area contributed by atoms with Gasteiger partial charge in [-0.05, 0) is 66.9 Å². The smallest absolute Gasteiger partial charge is 0.141 e. The molecule has 0 saturated heterocycles. The summed E-state index contributed by atoms with van der Waals surface area (Å²) < 4.78 is 0. The van der Waals surface area contributed by atoms with Gasteiger partial charge in [0, 0.05) is 22.4 Å². The van der Waals surface area contributed by atoms with Crippen LogP contribution in [-0.2, 0) is 5.41 Å². The Bertz CT molecular complexity index is 4070. The topological polar surface area (TPSA) is 3.24 Å². The monoisotopic (exact) mass is 988 g/mol. The molecule has 0 unspecified atom stereocenters. The lowest BCUT2D eigenvalue weighted by atomic mass is 9.55. The summed E-state index contributed by atoms with van der Waals surface area (Å²) >= 11 is 0. The molecule has 0 aliphatic heterocycles. The zero-order valence-corrected chi connectivity index (χ0v) is 55.1. The average Bonchev–Trinajstić information content (AvgIpc) is 3.69. The Labute approximate surface area is 502 Å². The summed E-state index contributed by atoms with van der Waals surface area (Å²) in [5, 5.41) is 2.83. The third-order valence-electron chi connectivity index (χ3n) is 22.8. The highest BCUT2D eigenvalue weighted by molar-refractivity contribution is 6.76. The number of hydrogen-bond acceptors (Lipinski definition) is 1. The minimum Gasteiger partial charge on any atom is -0.311 e. The van der Waals surface area contributed by atoms with Crippen LogP contribution in [0.2, 0.25) is 0 Å². The van der Waals surface area contributed by atoms with E-state index in [1.807, 2.05) is 0 Å². The quantitative estimate of drug-likeness (QED) is 0.150. The second-order valence-corrected chi connectivity index (χ2v) is 26.1. The zero-order chi connectivity index (χ0) is 58.9. The molecule has 0 radical (unpaired) electrons. The van der Waals surface area contributed by atoms with Crippen LogP contribution in [-0.4, -0.2) is 228 Å². The van der Waals surface area contributed by atoms with Crippen molar-refractivity contribution in [1.82, 2.24) is 0 Å². The van der Waals surface area contributed by atoms with E-state index < -0.39 is 0 Å². The van der Waals surface area contributed by atoms with Crippen molar-refractivity contribution in [2.75, 3.05) is 4.90 Å². The van der Waals surface area contributed by atoms with Gasteiger partial charge in [-0.1, -0.05) is 118 Å². The van der Waals surface area contributed by atoms with Crippen LogP contribution in [0.5, 0.6) is 0 Å². The second-order valence-electron chi connectivity index (χ2n) is 26.1. The van der Waals surface area contributed by atoms with E-state index in [4.69, 9.17) is 0 Å². The van der Waals surface area contributed by atoms with E-state index in [0.717, 1.165) is 0 Å². The fourth-order valence-corrected chi connectivity index (χ4v) is 15.8. The molecule has 0 N–H and O–H groups in total.